The molecule has 0 radical (unpaired) electrons. The van der Waals surface area contributed by atoms with E-state index in [0.29, 0.717) is 18.7 Å². The van der Waals surface area contributed by atoms with E-state index in [9.17, 15) is 17.6 Å². The van der Waals surface area contributed by atoms with Gasteiger partial charge in [0.05, 0.1) is 0 Å². The minimum atomic E-state index is -3.73. The molecule has 1 aromatic heterocycles. The SMILES string of the molecule is Cc1ccc(NC(=O)c2ccc(S(=O)(=O)N3CCCCC3)o2)cc1F. The molecule has 6 nitrogen and oxygen atoms in total. The van der Waals surface area contributed by atoms with E-state index in [2.05, 4.69) is 5.32 Å². The summed E-state index contributed by atoms with van der Waals surface area (Å²) in [5.74, 6) is -1.22. The third-order valence-corrected chi connectivity index (χ3v) is 5.92. The molecule has 1 N–H and O–H groups in total. The largest absolute Gasteiger partial charge is 0.438 e. The predicted molar refractivity (Wildman–Crippen MR) is 90.4 cm³/mol. The number of furan rings is 1. The Morgan fingerprint density at radius 1 is 1.16 bits per heavy atom. The number of hydrogen-bond donors (Lipinski definition) is 1. The van der Waals surface area contributed by atoms with Crippen LogP contribution in [0.15, 0.2) is 39.8 Å². The van der Waals surface area contributed by atoms with Crippen molar-refractivity contribution in [3.05, 3.63) is 47.5 Å². The van der Waals surface area contributed by atoms with Crippen LogP contribution in [0.3, 0.4) is 0 Å². The van der Waals surface area contributed by atoms with Crippen molar-refractivity contribution < 1.29 is 22.0 Å². The van der Waals surface area contributed by atoms with Crippen LogP contribution in [0.1, 0.15) is 35.4 Å². The molecule has 2 aromatic rings. The van der Waals surface area contributed by atoms with Gasteiger partial charge >= 0.3 is 0 Å². The second kappa shape index (κ2) is 6.97. The van der Waals surface area contributed by atoms with Gasteiger partial charge in [0.2, 0.25) is 5.09 Å². The fourth-order valence-electron chi connectivity index (χ4n) is 2.68. The Balaban J connectivity index is 1.76. The lowest BCUT2D eigenvalue weighted by atomic mass is 10.2. The normalized spacial score (nSPS) is 15.9. The molecule has 1 fully saturated rings. The Hall–Kier alpha value is -2.19. The number of carbonyl (C=O) groups excluding carboxylic acids is 1. The van der Waals surface area contributed by atoms with E-state index in [0.717, 1.165) is 19.3 Å². The van der Waals surface area contributed by atoms with Crippen LogP contribution in [0.5, 0.6) is 0 Å². The van der Waals surface area contributed by atoms with Crippen molar-refractivity contribution >= 4 is 21.6 Å². The first kappa shape index (κ1) is 17.6. The molecule has 0 spiro atoms. The third-order valence-electron chi connectivity index (χ3n) is 4.14. The number of piperidine rings is 1. The standard InChI is InChI=1S/C17H19FN2O4S/c1-12-5-6-13(11-14(12)18)19-17(21)15-7-8-16(24-15)25(22,23)20-9-3-2-4-10-20/h5-8,11H,2-4,9-10H2,1H3,(H,19,21). The third kappa shape index (κ3) is 3.74. The molecule has 0 atom stereocenters. The average Bonchev–Trinajstić information content (AvgIpc) is 3.10. The summed E-state index contributed by atoms with van der Waals surface area (Å²) in [5, 5.41) is 2.23. The van der Waals surface area contributed by atoms with Gasteiger partial charge in [-0.2, -0.15) is 4.31 Å². The number of nitrogens with zero attached hydrogens (tertiary/aromatic N) is 1. The van der Waals surface area contributed by atoms with Crippen LogP contribution >= 0.6 is 0 Å². The van der Waals surface area contributed by atoms with Crippen molar-refractivity contribution in [3.8, 4) is 0 Å². The Morgan fingerprint density at radius 3 is 2.56 bits per heavy atom. The van der Waals surface area contributed by atoms with Gasteiger partial charge in [0.15, 0.2) is 5.76 Å². The zero-order valence-electron chi connectivity index (χ0n) is 13.8. The molecule has 25 heavy (non-hydrogen) atoms. The first-order valence-corrected chi connectivity index (χ1v) is 9.49. The number of rotatable bonds is 4. The number of sulfonamides is 1. The molecule has 0 unspecified atom stereocenters. The first-order chi connectivity index (χ1) is 11.9. The minimum absolute atomic E-state index is 0.142. The summed E-state index contributed by atoms with van der Waals surface area (Å²) in [7, 11) is -3.73. The smallest absolute Gasteiger partial charge is 0.291 e. The summed E-state index contributed by atoms with van der Waals surface area (Å²) in [4.78, 5) is 12.2. The van der Waals surface area contributed by atoms with Gasteiger partial charge in [0, 0.05) is 18.8 Å². The number of halogens is 1. The molecule has 1 amide bonds. The Bertz CT molecular complexity index is 886. The van der Waals surface area contributed by atoms with Crippen LogP contribution in [0, 0.1) is 12.7 Å². The van der Waals surface area contributed by atoms with Crippen molar-refractivity contribution in [1.29, 1.82) is 0 Å². The molecule has 1 aliphatic rings. The second-order valence-electron chi connectivity index (χ2n) is 6.00. The number of benzene rings is 1. The number of amides is 1. The second-order valence-corrected chi connectivity index (χ2v) is 7.87. The number of anilines is 1. The quantitative estimate of drug-likeness (QED) is 0.901. The minimum Gasteiger partial charge on any atom is -0.438 e. The Morgan fingerprint density at radius 2 is 1.88 bits per heavy atom. The predicted octanol–water partition coefficient (Wildman–Crippen LogP) is 3.15. The Labute approximate surface area is 145 Å². The van der Waals surface area contributed by atoms with Crippen LogP contribution in [-0.2, 0) is 10.0 Å². The maximum absolute atomic E-state index is 13.5. The van der Waals surface area contributed by atoms with Crippen LogP contribution in [0.4, 0.5) is 10.1 Å². The van der Waals surface area contributed by atoms with E-state index in [1.54, 1.807) is 19.1 Å². The topological polar surface area (TPSA) is 79.6 Å². The van der Waals surface area contributed by atoms with Crippen molar-refractivity contribution in [2.75, 3.05) is 18.4 Å². The van der Waals surface area contributed by atoms with Gasteiger partial charge < -0.3 is 9.73 Å². The summed E-state index contributed by atoms with van der Waals surface area (Å²) in [6, 6.07) is 6.87. The average molecular weight is 366 g/mol. The number of aryl methyl sites for hydroxylation is 1. The highest BCUT2D eigenvalue weighted by Gasteiger charge is 2.29. The number of hydrogen-bond acceptors (Lipinski definition) is 4. The van der Waals surface area contributed by atoms with Gasteiger partial charge in [0.1, 0.15) is 5.82 Å². The highest BCUT2D eigenvalue weighted by atomic mass is 32.2. The van der Waals surface area contributed by atoms with Crippen LogP contribution in [0.25, 0.3) is 0 Å². The van der Waals surface area contributed by atoms with Crippen LogP contribution < -0.4 is 5.32 Å². The van der Waals surface area contributed by atoms with E-state index < -0.39 is 21.7 Å². The van der Waals surface area contributed by atoms with Gasteiger partial charge in [-0.25, -0.2) is 12.8 Å². The molecule has 1 saturated heterocycles. The summed E-state index contributed by atoms with van der Waals surface area (Å²) in [6.07, 6.45) is 2.63. The molecular formula is C17H19FN2O4S. The van der Waals surface area contributed by atoms with Crippen molar-refractivity contribution in [2.24, 2.45) is 0 Å². The van der Waals surface area contributed by atoms with E-state index in [1.807, 2.05) is 0 Å². The summed E-state index contributed by atoms with van der Waals surface area (Å²) < 4.78 is 45.2. The summed E-state index contributed by atoms with van der Waals surface area (Å²) in [6.45, 7) is 2.52. The van der Waals surface area contributed by atoms with E-state index in [1.165, 1.54) is 22.5 Å². The lowest BCUT2D eigenvalue weighted by molar-refractivity contribution is 0.0991. The highest BCUT2D eigenvalue weighted by molar-refractivity contribution is 7.89. The van der Waals surface area contributed by atoms with E-state index in [4.69, 9.17) is 4.42 Å². The highest BCUT2D eigenvalue weighted by Crippen LogP contribution is 2.23. The van der Waals surface area contributed by atoms with Crippen molar-refractivity contribution in [1.82, 2.24) is 4.31 Å². The van der Waals surface area contributed by atoms with Crippen molar-refractivity contribution in [3.63, 3.8) is 0 Å². The fourth-order valence-corrected chi connectivity index (χ4v) is 4.11. The van der Waals surface area contributed by atoms with Gasteiger partial charge in [-0.05, 0) is 49.6 Å². The van der Waals surface area contributed by atoms with Gasteiger partial charge in [-0.3, -0.25) is 4.79 Å². The molecule has 0 bridgehead atoms. The fraction of sp³-hybridized carbons (Fsp3) is 0.353. The monoisotopic (exact) mass is 366 g/mol. The molecule has 1 aliphatic heterocycles. The maximum Gasteiger partial charge on any atom is 0.291 e. The van der Waals surface area contributed by atoms with Crippen LogP contribution in [0.2, 0.25) is 0 Å². The maximum atomic E-state index is 13.5. The number of carbonyl (C=O) groups is 1. The van der Waals surface area contributed by atoms with Gasteiger partial charge in [-0.1, -0.05) is 12.5 Å². The number of nitrogens with one attached hydrogen (secondary N) is 1. The Kier molecular flexibility index (Phi) is 4.91. The molecule has 0 aliphatic carbocycles. The molecule has 3 rings (SSSR count). The molecular weight excluding hydrogens is 347 g/mol. The molecule has 0 saturated carbocycles. The lowest BCUT2D eigenvalue weighted by Gasteiger charge is -2.24. The van der Waals surface area contributed by atoms with Crippen LogP contribution in [-0.4, -0.2) is 31.7 Å². The summed E-state index contributed by atoms with van der Waals surface area (Å²) >= 11 is 0. The van der Waals surface area contributed by atoms with Crippen molar-refractivity contribution in [2.45, 2.75) is 31.3 Å². The molecule has 1 aromatic carbocycles. The molecule has 134 valence electrons. The van der Waals surface area contributed by atoms with E-state index >= 15 is 0 Å². The lowest BCUT2D eigenvalue weighted by Crippen LogP contribution is -2.35. The first-order valence-electron chi connectivity index (χ1n) is 8.05. The summed E-state index contributed by atoms with van der Waals surface area (Å²) in [5.41, 5.74) is 0.732. The van der Waals surface area contributed by atoms with Gasteiger partial charge in [0.25, 0.3) is 15.9 Å². The zero-order valence-corrected chi connectivity index (χ0v) is 14.6. The zero-order chi connectivity index (χ0) is 18.0. The van der Waals surface area contributed by atoms with Gasteiger partial charge in [-0.15, -0.1) is 0 Å². The molecule has 2 heterocycles. The van der Waals surface area contributed by atoms with E-state index in [-0.39, 0.29) is 16.5 Å². The molecule has 8 heteroatoms.